The molecule has 172 valence electrons. The fraction of sp³-hybridized carbons (Fsp3) is 0.400. The van der Waals surface area contributed by atoms with Crippen LogP contribution in [0.25, 0.3) is 0 Å². The molecule has 1 aliphatic rings. The lowest BCUT2D eigenvalue weighted by Gasteiger charge is -2.24. The van der Waals surface area contributed by atoms with Gasteiger partial charge in [0.25, 0.3) is 5.91 Å². The van der Waals surface area contributed by atoms with Crippen molar-refractivity contribution in [2.45, 2.75) is 59.0 Å². The van der Waals surface area contributed by atoms with E-state index in [0.717, 1.165) is 55.0 Å². The Labute approximate surface area is 194 Å². The molecule has 0 spiro atoms. The number of hydrogen-bond donors (Lipinski definition) is 1. The van der Waals surface area contributed by atoms with Gasteiger partial charge in [-0.1, -0.05) is 12.1 Å². The number of likely N-dealkylation sites (tertiary alicyclic amines) is 1. The van der Waals surface area contributed by atoms with Gasteiger partial charge in [0.2, 0.25) is 5.91 Å². The molecule has 1 atom stereocenters. The van der Waals surface area contributed by atoms with Crippen molar-refractivity contribution in [3.8, 4) is 0 Å². The van der Waals surface area contributed by atoms with Crippen LogP contribution in [0.5, 0.6) is 0 Å². The Hall–Kier alpha value is -3.55. The number of nitrogens with zero attached hydrogens (tertiary/aromatic N) is 5. The number of carbonyl (C=O) groups is 2. The molecule has 3 aromatic heterocycles. The Kier molecular flexibility index (Phi) is 6.82. The molecule has 0 saturated carbocycles. The SMILES string of the molecule is Cc1ccc(NC(=O)c2cccc([C@@H]3CCCN3C(=O)CCCn3nc(C)cc3C)n2)nc1. The summed E-state index contributed by atoms with van der Waals surface area (Å²) < 4.78 is 1.95. The number of rotatable bonds is 7. The average molecular weight is 447 g/mol. The van der Waals surface area contributed by atoms with Gasteiger partial charge in [-0.05, 0) is 69.9 Å². The normalized spacial score (nSPS) is 15.6. The molecular formula is C25H30N6O2. The van der Waals surface area contributed by atoms with Crippen LogP contribution in [0, 0.1) is 20.8 Å². The predicted octanol–water partition coefficient (Wildman–Crippen LogP) is 3.99. The van der Waals surface area contributed by atoms with Gasteiger partial charge in [-0.3, -0.25) is 14.3 Å². The maximum Gasteiger partial charge on any atom is 0.275 e. The van der Waals surface area contributed by atoms with Gasteiger partial charge in [0.1, 0.15) is 11.5 Å². The Morgan fingerprint density at radius 1 is 1.15 bits per heavy atom. The molecule has 8 nitrogen and oxygen atoms in total. The Morgan fingerprint density at radius 2 is 2.00 bits per heavy atom. The maximum absolute atomic E-state index is 13.0. The molecular weight excluding hydrogens is 416 g/mol. The summed E-state index contributed by atoms with van der Waals surface area (Å²) in [5.41, 5.74) is 4.20. The van der Waals surface area contributed by atoms with Gasteiger partial charge in [-0.15, -0.1) is 0 Å². The van der Waals surface area contributed by atoms with E-state index in [1.807, 2.05) is 54.6 Å². The number of hydrogen-bond acceptors (Lipinski definition) is 5. The highest BCUT2D eigenvalue weighted by Gasteiger charge is 2.31. The molecule has 1 N–H and O–H groups in total. The van der Waals surface area contributed by atoms with E-state index in [0.29, 0.717) is 17.9 Å². The monoisotopic (exact) mass is 446 g/mol. The van der Waals surface area contributed by atoms with Gasteiger partial charge in [0.05, 0.1) is 17.4 Å². The van der Waals surface area contributed by atoms with Crippen molar-refractivity contribution in [2.24, 2.45) is 0 Å². The highest BCUT2D eigenvalue weighted by molar-refractivity contribution is 6.02. The first-order valence-corrected chi connectivity index (χ1v) is 11.4. The molecule has 0 aromatic carbocycles. The molecule has 2 amide bonds. The van der Waals surface area contributed by atoms with Crippen LogP contribution in [0.15, 0.2) is 42.6 Å². The second kappa shape index (κ2) is 9.94. The third-order valence-corrected chi connectivity index (χ3v) is 5.93. The van der Waals surface area contributed by atoms with Crippen LogP contribution in [0.3, 0.4) is 0 Å². The van der Waals surface area contributed by atoms with E-state index in [1.165, 1.54) is 0 Å². The molecule has 0 aliphatic carbocycles. The number of carbonyl (C=O) groups excluding carboxylic acids is 2. The fourth-order valence-corrected chi connectivity index (χ4v) is 4.28. The number of amides is 2. The van der Waals surface area contributed by atoms with E-state index in [-0.39, 0.29) is 17.9 Å². The molecule has 33 heavy (non-hydrogen) atoms. The van der Waals surface area contributed by atoms with Crippen LogP contribution in [0.2, 0.25) is 0 Å². The minimum absolute atomic E-state index is 0.101. The third kappa shape index (κ3) is 5.45. The quantitative estimate of drug-likeness (QED) is 0.592. The van der Waals surface area contributed by atoms with Crippen LogP contribution in [-0.4, -0.2) is 43.0 Å². The Bertz CT molecular complexity index is 1140. The first-order chi connectivity index (χ1) is 15.9. The number of nitrogens with one attached hydrogen (secondary N) is 1. The van der Waals surface area contributed by atoms with Crippen LogP contribution in [-0.2, 0) is 11.3 Å². The van der Waals surface area contributed by atoms with E-state index in [4.69, 9.17) is 0 Å². The largest absolute Gasteiger partial charge is 0.334 e. The lowest BCUT2D eigenvalue weighted by atomic mass is 10.1. The molecule has 1 saturated heterocycles. The molecule has 0 bridgehead atoms. The third-order valence-electron chi connectivity index (χ3n) is 5.93. The van der Waals surface area contributed by atoms with E-state index in [2.05, 4.69) is 20.4 Å². The summed E-state index contributed by atoms with van der Waals surface area (Å²) in [4.78, 5) is 36.4. The molecule has 1 aliphatic heterocycles. The summed E-state index contributed by atoms with van der Waals surface area (Å²) in [6, 6.07) is 11.0. The average Bonchev–Trinajstić information content (AvgIpc) is 3.41. The van der Waals surface area contributed by atoms with Gasteiger partial charge < -0.3 is 10.2 Å². The van der Waals surface area contributed by atoms with Crippen molar-refractivity contribution in [2.75, 3.05) is 11.9 Å². The minimum atomic E-state index is -0.311. The van der Waals surface area contributed by atoms with Crippen molar-refractivity contribution in [1.29, 1.82) is 0 Å². The highest BCUT2D eigenvalue weighted by atomic mass is 16.2. The summed E-state index contributed by atoms with van der Waals surface area (Å²) in [5, 5.41) is 7.25. The molecule has 0 unspecified atom stereocenters. The maximum atomic E-state index is 13.0. The number of anilines is 1. The molecule has 1 fully saturated rings. The zero-order valence-electron chi connectivity index (χ0n) is 19.4. The summed E-state index contributed by atoms with van der Waals surface area (Å²) in [6.07, 6.45) is 4.69. The van der Waals surface area contributed by atoms with Gasteiger partial charge in [-0.2, -0.15) is 5.10 Å². The van der Waals surface area contributed by atoms with Crippen LogP contribution < -0.4 is 5.32 Å². The molecule has 0 radical (unpaired) electrons. The van der Waals surface area contributed by atoms with Crippen LogP contribution in [0.4, 0.5) is 5.82 Å². The van der Waals surface area contributed by atoms with E-state index < -0.39 is 0 Å². The van der Waals surface area contributed by atoms with Gasteiger partial charge in [0, 0.05) is 31.4 Å². The zero-order chi connectivity index (χ0) is 23.4. The Morgan fingerprint density at radius 3 is 2.73 bits per heavy atom. The van der Waals surface area contributed by atoms with E-state index >= 15 is 0 Å². The lowest BCUT2D eigenvalue weighted by Crippen LogP contribution is -2.31. The second-order valence-corrected chi connectivity index (χ2v) is 8.62. The van der Waals surface area contributed by atoms with Crippen LogP contribution >= 0.6 is 0 Å². The minimum Gasteiger partial charge on any atom is -0.334 e. The summed E-state index contributed by atoms with van der Waals surface area (Å²) in [6.45, 7) is 7.39. The second-order valence-electron chi connectivity index (χ2n) is 8.62. The van der Waals surface area contributed by atoms with Crippen LogP contribution in [0.1, 0.15) is 64.9 Å². The molecule has 3 aromatic rings. The summed E-state index contributed by atoms with van der Waals surface area (Å²) in [7, 11) is 0. The van der Waals surface area contributed by atoms with Crippen molar-refractivity contribution < 1.29 is 9.59 Å². The van der Waals surface area contributed by atoms with Gasteiger partial charge in [-0.25, -0.2) is 9.97 Å². The number of aryl methyl sites for hydroxylation is 4. The van der Waals surface area contributed by atoms with Gasteiger partial charge >= 0.3 is 0 Å². The van der Waals surface area contributed by atoms with Crippen molar-refractivity contribution in [3.63, 3.8) is 0 Å². The Balaban J connectivity index is 1.39. The standard InChI is InChI=1S/C25H30N6O2/c1-17-11-12-23(26-16-17)28-25(33)21-8-4-7-20(27-21)22-9-5-13-30(22)24(32)10-6-14-31-19(3)15-18(2)29-31/h4,7-8,11-12,15-16,22H,5-6,9-10,13-14H2,1-3H3,(H,26,28,33)/t22-/m0/s1. The van der Waals surface area contributed by atoms with Crippen molar-refractivity contribution in [1.82, 2.24) is 24.6 Å². The van der Waals surface area contributed by atoms with Crippen molar-refractivity contribution in [3.05, 3.63) is 70.9 Å². The number of aromatic nitrogens is 4. The highest BCUT2D eigenvalue weighted by Crippen LogP contribution is 2.31. The summed E-state index contributed by atoms with van der Waals surface area (Å²) >= 11 is 0. The van der Waals surface area contributed by atoms with E-state index in [9.17, 15) is 9.59 Å². The predicted molar refractivity (Wildman–Crippen MR) is 126 cm³/mol. The van der Waals surface area contributed by atoms with E-state index in [1.54, 1.807) is 18.3 Å². The lowest BCUT2D eigenvalue weighted by molar-refractivity contribution is -0.132. The molecule has 4 heterocycles. The number of pyridine rings is 2. The van der Waals surface area contributed by atoms with Crippen molar-refractivity contribution >= 4 is 17.6 Å². The smallest absolute Gasteiger partial charge is 0.275 e. The van der Waals surface area contributed by atoms with Gasteiger partial charge in [0.15, 0.2) is 0 Å². The topological polar surface area (TPSA) is 93.0 Å². The molecule has 8 heteroatoms. The molecule has 4 rings (SSSR count). The zero-order valence-corrected chi connectivity index (χ0v) is 19.4. The fourth-order valence-electron chi connectivity index (χ4n) is 4.28. The first-order valence-electron chi connectivity index (χ1n) is 11.4. The first kappa shape index (κ1) is 22.6. The summed E-state index contributed by atoms with van der Waals surface area (Å²) in [5.74, 6) is 0.298.